The van der Waals surface area contributed by atoms with Gasteiger partial charge >= 0.3 is 0 Å². The molecule has 17 heavy (non-hydrogen) atoms. The molecule has 0 bridgehead atoms. The molecule has 2 N–H and O–H groups in total. The molecule has 6 heteroatoms. The van der Waals surface area contributed by atoms with Gasteiger partial charge in [0, 0.05) is 30.9 Å². The molecule has 0 amide bonds. The smallest absolute Gasteiger partial charge is 0.191 e. The van der Waals surface area contributed by atoms with Gasteiger partial charge in [-0.1, -0.05) is 0 Å². The Bertz CT molecular complexity index is 348. The van der Waals surface area contributed by atoms with Gasteiger partial charge in [-0.05, 0) is 48.6 Å². The van der Waals surface area contributed by atoms with E-state index in [2.05, 4.69) is 58.5 Å². The van der Waals surface area contributed by atoms with Crippen LogP contribution in [0, 0.1) is 2.88 Å². The van der Waals surface area contributed by atoms with E-state index in [1.54, 1.807) is 0 Å². The zero-order chi connectivity index (χ0) is 12.0. The molecule has 3 nitrogen and oxygen atoms in total. The van der Waals surface area contributed by atoms with Crippen molar-refractivity contribution in [3.05, 3.63) is 19.9 Å². The number of rotatable bonds is 5. The number of aliphatic imine (C=N–C) groups is 1. The van der Waals surface area contributed by atoms with E-state index in [1.807, 2.05) is 11.3 Å². The summed E-state index contributed by atoms with van der Waals surface area (Å²) >= 11 is 4.16. The molecule has 0 atom stereocenters. The van der Waals surface area contributed by atoms with Crippen LogP contribution in [0.15, 0.2) is 17.1 Å². The molecule has 1 heterocycles. The Kier molecular flexibility index (Phi) is 9.61. The SMILES string of the molecule is CCN(CC)C(N)=NCCc1ccc(I)s1.I. The molecule has 0 aliphatic rings. The van der Waals surface area contributed by atoms with Crippen LogP contribution in [0.5, 0.6) is 0 Å². The Labute approximate surface area is 138 Å². The minimum atomic E-state index is 0. The summed E-state index contributed by atoms with van der Waals surface area (Å²) in [5.41, 5.74) is 5.89. The zero-order valence-electron chi connectivity index (χ0n) is 10.1. The average Bonchev–Trinajstić information content (AvgIpc) is 2.66. The summed E-state index contributed by atoms with van der Waals surface area (Å²) in [6, 6.07) is 4.30. The van der Waals surface area contributed by atoms with Crippen molar-refractivity contribution in [2.45, 2.75) is 20.3 Å². The maximum atomic E-state index is 5.89. The first-order chi connectivity index (χ1) is 7.67. The quantitative estimate of drug-likeness (QED) is 0.401. The third-order valence-electron chi connectivity index (χ3n) is 2.35. The van der Waals surface area contributed by atoms with Gasteiger partial charge in [0.25, 0.3) is 0 Å². The molecule has 98 valence electrons. The van der Waals surface area contributed by atoms with Gasteiger partial charge in [-0.15, -0.1) is 35.3 Å². The van der Waals surface area contributed by atoms with Crippen LogP contribution in [0.1, 0.15) is 18.7 Å². The second-order valence-corrected chi connectivity index (χ2v) is 6.43. The van der Waals surface area contributed by atoms with Gasteiger partial charge in [-0.3, -0.25) is 4.99 Å². The molecule has 0 fully saturated rings. The minimum Gasteiger partial charge on any atom is -0.370 e. The molecule has 0 aromatic carbocycles. The molecule has 1 aromatic heterocycles. The fraction of sp³-hybridized carbons (Fsp3) is 0.545. The normalized spacial score (nSPS) is 11.1. The lowest BCUT2D eigenvalue weighted by molar-refractivity contribution is 0.458. The maximum Gasteiger partial charge on any atom is 0.191 e. The van der Waals surface area contributed by atoms with E-state index in [0.717, 1.165) is 26.1 Å². The van der Waals surface area contributed by atoms with E-state index in [-0.39, 0.29) is 24.0 Å². The predicted molar refractivity (Wildman–Crippen MR) is 95.6 cm³/mol. The summed E-state index contributed by atoms with van der Waals surface area (Å²) in [6.07, 6.45) is 0.982. The molecule has 1 aromatic rings. The van der Waals surface area contributed by atoms with Crippen LogP contribution in [-0.4, -0.2) is 30.5 Å². The molecule has 0 aliphatic heterocycles. The number of hydrogen-bond acceptors (Lipinski definition) is 2. The lowest BCUT2D eigenvalue weighted by Crippen LogP contribution is -2.37. The average molecular weight is 479 g/mol. The summed E-state index contributed by atoms with van der Waals surface area (Å²) in [4.78, 5) is 7.84. The highest BCUT2D eigenvalue weighted by Crippen LogP contribution is 2.18. The van der Waals surface area contributed by atoms with Crippen molar-refractivity contribution in [2.24, 2.45) is 10.7 Å². The Hall–Kier alpha value is 0.430. The Balaban J connectivity index is 0.00000256. The molecular weight excluding hydrogens is 460 g/mol. The van der Waals surface area contributed by atoms with Gasteiger partial charge in [-0.25, -0.2) is 0 Å². The van der Waals surface area contributed by atoms with Crippen molar-refractivity contribution < 1.29 is 0 Å². The number of thiophene rings is 1. The molecular formula is C11H19I2N3S. The first-order valence-electron chi connectivity index (χ1n) is 5.46. The molecule has 0 aliphatic carbocycles. The van der Waals surface area contributed by atoms with Crippen LogP contribution in [0.4, 0.5) is 0 Å². The highest BCUT2D eigenvalue weighted by Gasteiger charge is 2.02. The lowest BCUT2D eigenvalue weighted by atomic mass is 10.3. The van der Waals surface area contributed by atoms with Crippen LogP contribution >= 0.6 is 57.9 Å². The fourth-order valence-electron chi connectivity index (χ4n) is 1.41. The number of hydrogen-bond donors (Lipinski definition) is 1. The van der Waals surface area contributed by atoms with Gasteiger partial charge in [0.1, 0.15) is 0 Å². The third kappa shape index (κ3) is 6.23. The van der Waals surface area contributed by atoms with E-state index in [4.69, 9.17) is 5.73 Å². The largest absolute Gasteiger partial charge is 0.370 e. The topological polar surface area (TPSA) is 41.6 Å². The molecule has 1 rings (SSSR count). The maximum absolute atomic E-state index is 5.89. The van der Waals surface area contributed by atoms with Crippen LogP contribution in [0.25, 0.3) is 0 Å². The second-order valence-electron chi connectivity index (χ2n) is 3.37. The van der Waals surface area contributed by atoms with E-state index in [0.29, 0.717) is 5.96 Å². The fourth-order valence-corrected chi connectivity index (χ4v) is 3.16. The molecule has 0 spiro atoms. The molecule has 0 saturated carbocycles. The zero-order valence-corrected chi connectivity index (χ0v) is 15.5. The van der Waals surface area contributed by atoms with Gasteiger partial charge in [-0.2, -0.15) is 0 Å². The van der Waals surface area contributed by atoms with E-state index in [1.165, 1.54) is 7.76 Å². The first-order valence-corrected chi connectivity index (χ1v) is 7.36. The summed E-state index contributed by atoms with van der Waals surface area (Å²) in [5.74, 6) is 0.663. The van der Waals surface area contributed by atoms with Crippen molar-refractivity contribution in [3.8, 4) is 0 Å². The van der Waals surface area contributed by atoms with Gasteiger partial charge in [0.2, 0.25) is 0 Å². The van der Waals surface area contributed by atoms with Crippen LogP contribution < -0.4 is 5.73 Å². The molecule has 0 saturated heterocycles. The second kappa shape index (κ2) is 9.37. The van der Waals surface area contributed by atoms with E-state index in [9.17, 15) is 0 Å². The predicted octanol–water partition coefficient (Wildman–Crippen LogP) is 3.17. The number of halogens is 2. The van der Waals surface area contributed by atoms with Crippen LogP contribution in [0.3, 0.4) is 0 Å². The van der Waals surface area contributed by atoms with Crippen LogP contribution in [-0.2, 0) is 6.42 Å². The third-order valence-corrected chi connectivity index (χ3v) is 4.30. The lowest BCUT2D eigenvalue weighted by Gasteiger charge is -2.19. The van der Waals surface area contributed by atoms with Gasteiger partial charge in [0.15, 0.2) is 5.96 Å². The number of nitrogens with zero attached hydrogens (tertiary/aromatic N) is 2. The van der Waals surface area contributed by atoms with Gasteiger partial charge in [0.05, 0.1) is 2.88 Å². The first kappa shape index (κ1) is 17.4. The summed E-state index contributed by atoms with van der Waals surface area (Å²) in [6.45, 7) is 6.80. The number of guanidine groups is 1. The van der Waals surface area contributed by atoms with Gasteiger partial charge < -0.3 is 10.6 Å². The Morgan fingerprint density at radius 1 is 1.41 bits per heavy atom. The van der Waals surface area contributed by atoms with Crippen molar-refractivity contribution in [2.75, 3.05) is 19.6 Å². The van der Waals surface area contributed by atoms with E-state index < -0.39 is 0 Å². The van der Waals surface area contributed by atoms with Crippen molar-refractivity contribution in [1.82, 2.24) is 4.90 Å². The Morgan fingerprint density at radius 2 is 2.06 bits per heavy atom. The van der Waals surface area contributed by atoms with Crippen molar-refractivity contribution in [3.63, 3.8) is 0 Å². The summed E-state index contributed by atoms with van der Waals surface area (Å²) in [7, 11) is 0. The summed E-state index contributed by atoms with van der Waals surface area (Å²) in [5, 5.41) is 0. The molecule has 0 radical (unpaired) electrons. The minimum absolute atomic E-state index is 0. The monoisotopic (exact) mass is 479 g/mol. The van der Waals surface area contributed by atoms with Crippen molar-refractivity contribution >= 4 is 63.9 Å². The van der Waals surface area contributed by atoms with Crippen LogP contribution in [0.2, 0.25) is 0 Å². The number of nitrogens with two attached hydrogens (primary N) is 1. The Morgan fingerprint density at radius 3 is 2.53 bits per heavy atom. The van der Waals surface area contributed by atoms with E-state index >= 15 is 0 Å². The molecule has 0 unspecified atom stereocenters. The summed E-state index contributed by atoms with van der Waals surface area (Å²) < 4.78 is 1.33. The highest BCUT2D eigenvalue weighted by atomic mass is 127. The highest BCUT2D eigenvalue weighted by molar-refractivity contribution is 14.1. The standard InChI is InChI=1S/C11H18IN3S.HI/c1-3-15(4-2)11(13)14-8-7-9-5-6-10(12)16-9;/h5-6H,3-4,7-8H2,1-2H3,(H2,13,14);1H. The van der Waals surface area contributed by atoms with Crippen molar-refractivity contribution in [1.29, 1.82) is 0 Å².